The molecule has 1 fully saturated rings. The Morgan fingerprint density at radius 2 is 1.96 bits per heavy atom. The molecule has 1 aromatic carbocycles. The summed E-state index contributed by atoms with van der Waals surface area (Å²) in [7, 11) is -2.12. The number of benzene rings is 1. The van der Waals surface area contributed by atoms with Crippen molar-refractivity contribution < 1.29 is 17.9 Å². The highest BCUT2D eigenvalue weighted by atomic mass is 32.2. The molecule has 2 amide bonds. The van der Waals surface area contributed by atoms with Crippen LogP contribution in [0, 0.1) is 0 Å². The lowest BCUT2D eigenvalue weighted by Crippen LogP contribution is -2.51. The maximum Gasteiger partial charge on any atom is 0.317 e. The van der Waals surface area contributed by atoms with Crippen molar-refractivity contribution in [1.82, 2.24) is 14.9 Å². The Balaban J connectivity index is 1.98. The molecule has 0 spiro atoms. The van der Waals surface area contributed by atoms with Gasteiger partial charge in [0.2, 0.25) is 10.0 Å². The molecule has 2 N–H and O–H groups in total. The van der Waals surface area contributed by atoms with Crippen molar-refractivity contribution in [1.29, 1.82) is 0 Å². The zero-order valence-electron chi connectivity index (χ0n) is 13.6. The van der Waals surface area contributed by atoms with Gasteiger partial charge in [0.25, 0.3) is 0 Å². The number of nitrogens with one attached hydrogen (secondary N) is 2. The summed E-state index contributed by atoms with van der Waals surface area (Å²) in [6.07, 6.45) is 0.0159. The van der Waals surface area contributed by atoms with Crippen LogP contribution in [0.3, 0.4) is 0 Å². The van der Waals surface area contributed by atoms with E-state index in [4.69, 9.17) is 4.74 Å². The van der Waals surface area contributed by atoms with Gasteiger partial charge in [-0.15, -0.1) is 0 Å². The van der Waals surface area contributed by atoms with E-state index in [1.807, 2.05) is 13.8 Å². The maximum atomic E-state index is 12.2. The quantitative estimate of drug-likeness (QED) is 0.852. The largest absolute Gasteiger partial charge is 0.372 e. The van der Waals surface area contributed by atoms with Crippen LogP contribution in [0.1, 0.15) is 19.4 Å². The molecule has 2 atom stereocenters. The van der Waals surface area contributed by atoms with Gasteiger partial charge in [-0.1, -0.05) is 12.1 Å². The van der Waals surface area contributed by atoms with Gasteiger partial charge >= 0.3 is 6.03 Å². The molecule has 7 nitrogen and oxygen atoms in total. The van der Waals surface area contributed by atoms with Crippen LogP contribution < -0.4 is 10.0 Å². The molecule has 1 saturated heterocycles. The van der Waals surface area contributed by atoms with E-state index < -0.39 is 10.0 Å². The number of hydrogen-bond donors (Lipinski definition) is 2. The van der Waals surface area contributed by atoms with Gasteiger partial charge < -0.3 is 15.0 Å². The molecule has 1 heterocycles. The van der Waals surface area contributed by atoms with Crippen LogP contribution in [0.25, 0.3) is 0 Å². The molecular formula is C15H23N3O4S. The first-order chi connectivity index (χ1) is 10.8. The molecule has 0 aromatic heterocycles. The van der Waals surface area contributed by atoms with Crippen molar-refractivity contribution in [2.75, 3.05) is 20.1 Å². The third-order valence-corrected chi connectivity index (χ3v) is 5.04. The molecule has 2 unspecified atom stereocenters. The molecule has 0 bridgehead atoms. The van der Waals surface area contributed by atoms with Gasteiger partial charge in [-0.3, -0.25) is 0 Å². The van der Waals surface area contributed by atoms with E-state index in [9.17, 15) is 13.2 Å². The Bertz CT molecular complexity index is 652. The van der Waals surface area contributed by atoms with Gasteiger partial charge in [0.1, 0.15) is 0 Å². The Kier molecular flexibility index (Phi) is 5.61. The highest BCUT2D eigenvalue weighted by Gasteiger charge is 2.25. The highest BCUT2D eigenvalue weighted by molar-refractivity contribution is 7.89. The number of nitrogens with zero attached hydrogens (tertiary/aromatic N) is 1. The number of ether oxygens (including phenoxy) is 1. The van der Waals surface area contributed by atoms with E-state index in [-0.39, 0.29) is 29.7 Å². The first kappa shape index (κ1) is 17.7. The van der Waals surface area contributed by atoms with Gasteiger partial charge in [0.15, 0.2) is 0 Å². The summed E-state index contributed by atoms with van der Waals surface area (Å²) in [5.74, 6) is 0. The van der Waals surface area contributed by atoms with Crippen molar-refractivity contribution in [3.8, 4) is 0 Å². The summed E-state index contributed by atoms with van der Waals surface area (Å²) < 4.78 is 31.5. The van der Waals surface area contributed by atoms with E-state index >= 15 is 0 Å². The smallest absolute Gasteiger partial charge is 0.317 e. The Morgan fingerprint density at radius 3 is 2.57 bits per heavy atom. The number of carbonyl (C=O) groups excluding carboxylic acids is 1. The number of rotatable bonds is 4. The van der Waals surface area contributed by atoms with E-state index in [0.717, 1.165) is 5.56 Å². The normalized spacial score (nSPS) is 22.0. The fraction of sp³-hybridized carbons (Fsp3) is 0.533. The Morgan fingerprint density at radius 1 is 1.30 bits per heavy atom. The molecule has 0 saturated carbocycles. The summed E-state index contributed by atoms with van der Waals surface area (Å²) in [6.45, 7) is 5.23. The minimum absolute atomic E-state index is 0.00796. The highest BCUT2D eigenvalue weighted by Crippen LogP contribution is 2.13. The van der Waals surface area contributed by atoms with Crippen molar-refractivity contribution in [2.45, 2.75) is 37.5 Å². The second-order valence-electron chi connectivity index (χ2n) is 5.68. The zero-order chi connectivity index (χ0) is 17.0. The Labute approximate surface area is 137 Å². The van der Waals surface area contributed by atoms with Crippen LogP contribution in [0.5, 0.6) is 0 Å². The molecule has 0 aliphatic carbocycles. The first-order valence-corrected chi connectivity index (χ1v) is 9.01. The number of carbonyl (C=O) groups is 1. The summed E-state index contributed by atoms with van der Waals surface area (Å²) in [6, 6.07) is 6.33. The van der Waals surface area contributed by atoms with Crippen molar-refractivity contribution in [3.05, 3.63) is 29.8 Å². The lowest BCUT2D eigenvalue weighted by Gasteiger charge is -2.35. The molecule has 1 aliphatic heterocycles. The monoisotopic (exact) mass is 341 g/mol. The third-order valence-electron chi connectivity index (χ3n) is 3.63. The van der Waals surface area contributed by atoms with E-state index in [0.29, 0.717) is 13.1 Å². The standard InChI is InChI=1S/C15H23N3O4S/c1-11-9-18(10-12(2)22-11)15(19)17-8-13-5-4-6-14(7-13)23(20,21)16-3/h4-7,11-12,16H,8-10H2,1-3H3,(H,17,19). The predicted octanol–water partition coefficient (Wildman–Crippen LogP) is 0.913. The van der Waals surface area contributed by atoms with E-state index in [1.165, 1.54) is 13.1 Å². The second kappa shape index (κ2) is 7.29. The van der Waals surface area contributed by atoms with Crippen LogP contribution >= 0.6 is 0 Å². The molecule has 2 rings (SSSR count). The average molecular weight is 341 g/mol. The minimum Gasteiger partial charge on any atom is -0.372 e. The first-order valence-electron chi connectivity index (χ1n) is 7.52. The summed E-state index contributed by atoms with van der Waals surface area (Å²) >= 11 is 0. The van der Waals surface area contributed by atoms with Crippen LogP contribution in [0.2, 0.25) is 0 Å². The number of morpholine rings is 1. The number of amides is 2. The van der Waals surface area contributed by atoms with E-state index in [2.05, 4.69) is 10.0 Å². The summed E-state index contributed by atoms with van der Waals surface area (Å²) in [5.41, 5.74) is 0.726. The molecular weight excluding hydrogens is 318 g/mol. The molecule has 1 aliphatic rings. The molecule has 0 radical (unpaired) electrons. The maximum absolute atomic E-state index is 12.2. The van der Waals surface area contributed by atoms with Gasteiger partial charge in [0, 0.05) is 19.6 Å². The molecule has 128 valence electrons. The molecule has 8 heteroatoms. The zero-order valence-corrected chi connectivity index (χ0v) is 14.4. The van der Waals surface area contributed by atoms with Gasteiger partial charge in [-0.05, 0) is 38.6 Å². The number of sulfonamides is 1. The van der Waals surface area contributed by atoms with Crippen molar-refractivity contribution in [3.63, 3.8) is 0 Å². The van der Waals surface area contributed by atoms with Crippen LogP contribution in [-0.4, -0.2) is 51.7 Å². The lowest BCUT2D eigenvalue weighted by molar-refractivity contribution is -0.0545. The van der Waals surface area contributed by atoms with Gasteiger partial charge in [0.05, 0.1) is 17.1 Å². The van der Waals surface area contributed by atoms with Crippen LogP contribution in [0.15, 0.2) is 29.2 Å². The average Bonchev–Trinajstić information content (AvgIpc) is 2.52. The number of hydrogen-bond acceptors (Lipinski definition) is 4. The second-order valence-corrected chi connectivity index (χ2v) is 7.56. The predicted molar refractivity (Wildman–Crippen MR) is 86.5 cm³/mol. The topological polar surface area (TPSA) is 87.7 Å². The van der Waals surface area contributed by atoms with E-state index in [1.54, 1.807) is 23.1 Å². The number of urea groups is 1. The minimum atomic E-state index is -3.48. The van der Waals surface area contributed by atoms with Crippen molar-refractivity contribution in [2.24, 2.45) is 0 Å². The SMILES string of the molecule is CNS(=O)(=O)c1cccc(CNC(=O)N2CC(C)OC(C)C2)c1. The van der Waals surface area contributed by atoms with Gasteiger partial charge in [-0.25, -0.2) is 17.9 Å². The Hall–Kier alpha value is -1.64. The fourth-order valence-corrected chi connectivity index (χ4v) is 3.37. The van der Waals surface area contributed by atoms with Crippen LogP contribution in [-0.2, 0) is 21.3 Å². The van der Waals surface area contributed by atoms with Crippen LogP contribution in [0.4, 0.5) is 4.79 Å². The molecule has 1 aromatic rings. The fourth-order valence-electron chi connectivity index (χ4n) is 2.57. The lowest BCUT2D eigenvalue weighted by atomic mass is 10.2. The summed E-state index contributed by atoms with van der Waals surface area (Å²) in [4.78, 5) is 14.1. The molecule has 23 heavy (non-hydrogen) atoms. The van der Waals surface area contributed by atoms with Gasteiger partial charge in [-0.2, -0.15) is 0 Å². The summed E-state index contributed by atoms with van der Waals surface area (Å²) in [5, 5.41) is 2.82. The third kappa shape index (κ3) is 4.66. The van der Waals surface area contributed by atoms with Crippen molar-refractivity contribution >= 4 is 16.1 Å².